The molecule has 1 aliphatic rings. The summed E-state index contributed by atoms with van der Waals surface area (Å²) in [4.78, 5) is 20.3. The molecule has 2 rings (SSSR count). The van der Waals surface area contributed by atoms with Gasteiger partial charge in [0, 0.05) is 39.9 Å². The molecule has 21 heavy (non-hydrogen) atoms. The Bertz CT molecular complexity index is 582. The van der Waals surface area contributed by atoms with Gasteiger partial charge in [0.1, 0.15) is 18.2 Å². The zero-order valence-corrected chi connectivity index (χ0v) is 13.7. The molecule has 0 spiro atoms. The molecule has 0 aliphatic carbocycles. The average Bonchev–Trinajstić information content (AvgIpc) is 2.74. The minimum atomic E-state index is -2.52. The summed E-state index contributed by atoms with van der Waals surface area (Å²) >= 11 is 1.71. The number of rotatable bonds is 6. The summed E-state index contributed by atoms with van der Waals surface area (Å²) in [6, 6.07) is 0. The molecule has 1 aromatic rings. The molecule has 9 heteroatoms. The van der Waals surface area contributed by atoms with Crippen molar-refractivity contribution in [2.24, 2.45) is 0 Å². The average molecular weight is 329 g/mol. The van der Waals surface area contributed by atoms with Gasteiger partial charge in [-0.15, -0.1) is 21.2 Å². The largest absolute Gasteiger partial charge is 0.694 e. The van der Waals surface area contributed by atoms with Crippen molar-refractivity contribution in [3.05, 3.63) is 28.2 Å². The van der Waals surface area contributed by atoms with Crippen LogP contribution in [-0.2, 0) is 15.6 Å². The van der Waals surface area contributed by atoms with Crippen molar-refractivity contribution in [2.45, 2.75) is 26.8 Å². The van der Waals surface area contributed by atoms with Crippen LogP contribution in [0.25, 0.3) is 0 Å². The predicted molar refractivity (Wildman–Crippen MR) is 82.3 cm³/mol. The van der Waals surface area contributed by atoms with Crippen LogP contribution in [0.4, 0.5) is 5.82 Å². The Morgan fingerprint density at radius 3 is 3.00 bits per heavy atom. The zero-order chi connectivity index (χ0) is 15.4. The zero-order valence-electron chi connectivity index (χ0n) is 11.9. The van der Waals surface area contributed by atoms with Crippen molar-refractivity contribution in [3.63, 3.8) is 0 Å². The Labute approximate surface area is 128 Å². The van der Waals surface area contributed by atoms with Gasteiger partial charge in [-0.2, -0.15) is 0 Å². The highest BCUT2D eigenvalue weighted by molar-refractivity contribution is 8.03. The van der Waals surface area contributed by atoms with Gasteiger partial charge >= 0.3 is 8.25 Å². The van der Waals surface area contributed by atoms with Gasteiger partial charge < -0.3 is 10.6 Å². The molecule has 0 amide bonds. The quantitative estimate of drug-likeness (QED) is 0.766. The second-order valence-corrected chi connectivity index (χ2v) is 6.40. The maximum absolute atomic E-state index is 10.5. The van der Waals surface area contributed by atoms with E-state index in [0.29, 0.717) is 24.6 Å². The number of allylic oxidation sites excluding steroid dienone is 1. The fourth-order valence-electron chi connectivity index (χ4n) is 2.01. The number of nitrogen functional groups attached to an aromatic ring is 1. The first-order valence-corrected chi connectivity index (χ1v) is 8.53. The third-order valence-corrected chi connectivity index (χ3v) is 4.88. The molecule has 2 heterocycles. The Morgan fingerprint density at radius 2 is 2.33 bits per heavy atom. The van der Waals surface area contributed by atoms with Crippen molar-refractivity contribution in [2.75, 3.05) is 18.2 Å². The lowest BCUT2D eigenvalue weighted by molar-refractivity contribution is 0.285. The Morgan fingerprint density at radius 1 is 1.57 bits per heavy atom. The van der Waals surface area contributed by atoms with Crippen LogP contribution in [0.3, 0.4) is 0 Å². The lowest BCUT2D eigenvalue weighted by Crippen LogP contribution is -2.18. The number of nitrogens with two attached hydrogens (primary N) is 1. The van der Waals surface area contributed by atoms with E-state index in [-0.39, 0.29) is 6.61 Å². The molecule has 0 saturated carbocycles. The number of nitrogens with zero attached hydrogens (tertiary/aromatic N) is 3. The molecule has 1 atom stereocenters. The Hall–Kier alpha value is -1.21. The standard InChI is InChI=1S/C12H17N4O3PS/c1-8-11(3-4-19-20(17)18)21-7-16(8)6-10-5-14-9(2)15-12(10)13/h5H,3-4,6-7H2,1-2H3,(H2-,13,14,15,17,18)/p+1. The lowest BCUT2D eigenvalue weighted by atomic mass is 10.2. The number of aryl methyl sites for hydroxylation is 1. The normalized spacial score (nSPS) is 15.8. The summed E-state index contributed by atoms with van der Waals surface area (Å²) < 4.78 is 15.2. The first kappa shape index (κ1) is 16.2. The van der Waals surface area contributed by atoms with Gasteiger partial charge in [0.15, 0.2) is 0 Å². The van der Waals surface area contributed by atoms with Crippen molar-refractivity contribution in [1.82, 2.24) is 14.9 Å². The second-order valence-electron chi connectivity index (χ2n) is 4.63. The summed E-state index contributed by atoms with van der Waals surface area (Å²) in [5.74, 6) is 1.99. The summed E-state index contributed by atoms with van der Waals surface area (Å²) in [6.07, 6.45) is 2.39. The van der Waals surface area contributed by atoms with E-state index in [2.05, 4.69) is 14.9 Å². The number of hydrogen-bond acceptors (Lipinski definition) is 7. The number of anilines is 1. The number of hydrogen-bond donors (Lipinski definition) is 2. The SMILES string of the molecule is CC1=C(CCO[P+](=O)O)SCN1Cc1cnc(C)nc1N. The fraction of sp³-hybridized carbons (Fsp3) is 0.500. The maximum Gasteiger partial charge on any atom is 0.694 e. The van der Waals surface area contributed by atoms with E-state index in [1.165, 1.54) is 4.91 Å². The molecule has 7 nitrogen and oxygen atoms in total. The van der Waals surface area contributed by atoms with Gasteiger partial charge in [-0.1, -0.05) is 0 Å². The van der Waals surface area contributed by atoms with Crippen molar-refractivity contribution in [3.8, 4) is 0 Å². The van der Waals surface area contributed by atoms with E-state index >= 15 is 0 Å². The van der Waals surface area contributed by atoms with Crippen LogP contribution in [0.15, 0.2) is 16.8 Å². The summed E-state index contributed by atoms with van der Waals surface area (Å²) in [5.41, 5.74) is 7.95. The summed E-state index contributed by atoms with van der Waals surface area (Å²) in [7, 11) is -2.52. The van der Waals surface area contributed by atoms with Gasteiger partial charge in [-0.05, 0) is 13.8 Å². The highest BCUT2D eigenvalue weighted by Crippen LogP contribution is 2.35. The third-order valence-electron chi connectivity index (χ3n) is 3.18. The molecule has 0 saturated heterocycles. The number of thioether (sulfide) groups is 1. The van der Waals surface area contributed by atoms with E-state index in [1.807, 2.05) is 6.92 Å². The van der Waals surface area contributed by atoms with Crippen molar-refractivity contribution < 1.29 is 14.0 Å². The van der Waals surface area contributed by atoms with Gasteiger partial charge in [0.05, 0.1) is 5.88 Å². The van der Waals surface area contributed by atoms with Gasteiger partial charge in [-0.3, -0.25) is 0 Å². The second kappa shape index (κ2) is 7.17. The monoisotopic (exact) mass is 329 g/mol. The van der Waals surface area contributed by atoms with Crippen LogP contribution < -0.4 is 5.73 Å². The van der Waals surface area contributed by atoms with E-state index in [9.17, 15) is 4.57 Å². The van der Waals surface area contributed by atoms with Crippen LogP contribution in [-0.4, -0.2) is 32.2 Å². The predicted octanol–water partition coefficient (Wildman–Crippen LogP) is 2.16. The maximum atomic E-state index is 10.5. The van der Waals surface area contributed by atoms with E-state index in [0.717, 1.165) is 17.1 Å². The highest BCUT2D eigenvalue weighted by atomic mass is 32.2. The molecule has 114 valence electrons. The van der Waals surface area contributed by atoms with Gasteiger partial charge in [-0.25, -0.2) is 9.97 Å². The van der Waals surface area contributed by atoms with E-state index in [1.54, 1.807) is 24.9 Å². The van der Waals surface area contributed by atoms with E-state index in [4.69, 9.17) is 15.2 Å². The topological polar surface area (TPSA) is 102 Å². The van der Waals surface area contributed by atoms with Crippen molar-refractivity contribution in [1.29, 1.82) is 0 Å². The summed E-state index contributed by atoms with van der Waals surface area (Å²) in [5, 5.41) is 0. The first-order valence-electron chi connectivity index (χ1n) is 6.42. The molecular formula is C12H18N4O3PS+. The van der Waals surface area contributed by atoms with Crippen LogP contribution in [0.1, 0.15) is 24.7 Å². The molecule has 0 bridgehead atoms. The highest BCUT2D eigenvalue weighted by Gasteiger charge is 2.22. The molecular weight excluding hydrogens is 311 g/mol. The molecule has 1 aliphatic heterocycles. The van der Waals surface area contributed by atoms with Crippen molar-refractivity contribution >= 4 is 25.8 Å². The lowest BCUT2D eigenvalue weighted by Gasteiger charge is -2.19. The van der Waals surface area contributed by atoms with Gasteiger partial charge in [0.25, 0.3) is 0 Å². The van der Waals surface area contributed by atoms with Crippen LogP contribution in [0.2, 0.25) is 0 Å². The van der Waals surface area contributed by atoms with E-state index < -0.39 is 8.25 Å². The fourth-order valence-corrected chi connectivity index (χ4v) is 3.42. The van der Waals surface area contributed by atoms with Crippen LogP contribution >= 0.6 is 20.0 Å². The molecule has 0 aromatic carbocycles. The molecule has 0 fully saturated rings. The Kier molecular flexibility index (Phi) is 5.52. The minimum Gasteiger partial charge on any atom is -0.383 e. The molecule has 0 radical (unpaired) electrons. The summed E-state index contributed by atoms with van der Waals surface area (Å²) in [6.45, 7) is 4.74. The van der Waals surface area contributed by atoms with Crippen LogP contribution in [0.5, 0.6) is 0 Å². The molecule has 3 N–H and O–H groups in total. The van der Waals surface area contributed by atoms with Gasteiger partial charge in [0.2, 0.25) is 0 Å². The minimum absolute atomic E-state index is 0.245. The first-order chi connectivity index (χ1) is 9.97. The Balaban J connectivity index is 1.98. The molecule has 1 unspecified atom stereocenters. The van der Waals surface area contributed by atoms with Crippen LogP contribution in [0, 0.1) is 6.92 Å². The smallest absolute Gasteiger partial charge is 0.383 e. The number of aromatic nitrogens is 2. The molecule has 1 aromatic heterocycles. The third kappa shape index (κ3) is 4.38.